The van der Waals surface area contributed by atoms with Crippen LogP contribution < -0.4 is 5.32 Å². The minimum atomic E-state index is -0.313. The molecule has 3 rings (SSSR count). The van der Waals surface area contributed by atoms with E-state index >= 15 is 0 Å². The second kappa shape index (κ2) is 9.93. The molecule has 1 fully saturated rings. The van der Waals surface area contributed by atoms with E-state index in [1.807, 2.05) is 59.1 Å². The molecule has 156 valence electrons. The van der Waals surface area contributed by atoms with Gasteiger partial charge in [-0.2, -0.15) is 0 Å². The zero-order valence-corrected chi connectivity index (χ0v) is 18.4. The number of rotatable bonds is 9. The maximum absolute atomic E-state index is 13.1. The van der Waals surface area contributed by atoms with Gasteiger partial charge in [0.15, 0.2) is 0 Å². The Balaban J connectivity index is 1.67. The van der Waals surface area contributed by atoms with Gasteiger partial charge in [0, 0.05) is 48.8 Å². The van der Waals surface area contributed by atoms with E-state index < -0.39 is 0 Å². The number of hydrogen-bond acceptors (Lipinski definition) is 3. The number of hydrogen-bond donors (Lipinski definition) is 1. The van der Waals surface area contributed by atoms with Gasteiger partial charge in [-0.15, -0.1) is 0 Å². The van der Waals surface area contributed by atoms with Gasteiger partial charge in [-0.1, -0.05) is 15.9 Å². The molecule has 3 amide bonds. The smallest absolute Gasteiger partial charge is 0.322 e. The number of carbonyl (C=O) groups is 2. The quantitative estimate of drug-likeness (QED) is 0.620. The molecule has 8 heteroatoms. The number of benzene rings is 1. The van der Waals surface area contributed by atoms with Crippen molar-refractivity contribution in [1.29, 1.82) is 0 Å². The molecular weight excluding hydrogens is 436 g/mol. The summed E-state index contributed by atoms with van der Waals surface area (Å²) >= 11 is 3.38. The van der Waals surface area contributed by atoms with Gasteiger partial charge in [-0.25, -0.2) is 4.79 Å². The fourth-order valence-corrected chi connectivity index (χ4v) is 3.35. The van der Waals surface area contributed by atoms with Gasteiger partial charge in [-0.3, -0.25) is 4.79 Å². The lowest BCUT2D eigenvalue weighted by Crippen LogP contribution is -2.46. The summed E-state index contributed by atoms with van der Waals surface area (Å²) in [4.78, 5) is 29.3. The van der Waals surface area contributed by atoms with Crippen LogP contribution in [0.1, 0.15) is 18.5 Å². The lowest BCUT2D eigenvalue weighted by Gasteiger charge is -2.28. The fourth-order valence-electron chi connectivity index (χ4n) is 3.09. The van der Waals surface area contributed by atoms with Crippen LogP contribution in [0.2, 0.25) is 0 Å². The first-order valence-corrected chi connectivity index (χ1v) is 10.5. The molecule has 0 spiro atoms. The number of amides is 3. The maximum atomic E-state index is 13.1. The largest absolute Gasteiger partial charge is 0.383 e. The lowest BCUT2D eigenvalue weighted by molar-refractivity contribution is -0.133. The van der Waals surface area contributed by atoms with E-state index in [-0.39, 0.29) is 24.5 Å². The van der Waals surface area contributed by atoms with Crippen molar-refractivity contribution in [2.24, 2.45) is 7.05 Å². The van der Waals surface area contributed by atoms with Crippen molar-refractivity contribution < 1.29 is 14.3 Å². The molecule has 1 heterocycles. The van der Waals surface area contributed by atoms with Gasteiger partial charge >= 0.3 is 6.03 Å². The molecule has 1 aliphatic carbocycles. The van der Waals surface area contributed by atoms with Crippen LogP contribution in [0.3, 0.4) is 0 Å². The third kappa shape index (κ3) is 6.08. The number of carbonyl (C=O) groups excluding carboxylic acids is 2. The summed E-state index contributed by atoms with van der Waals surface area (Å²) in [5, 5.41) is 2.86. The molecular formula is C21H27BrN4O3. The second-order valence-corrected chi connectivity index (χ2v) is 8.13. The average molecular weight is 463 g/mol. The number of nitrogens with one attached hydrogen (secondary N) is 1. The van der Waals surface area contributed by atoms with Crippen molar-refractivity contribution in [3.05, 3.63) is 52.8 Å². The number of aryl methyl sites for hydroxylation is 1. The van der Waals surface area contributed by atoms with Gasteiger partial charge in [0.1, 0.15) is 6.54 Å². The summed E-state index contributed by atoms with van der Waals surface area (Å²) in [5.74, 6) is -0.0456. The molecule has 1 saturated carbocycles. The molecule has 0 saturated heterocycles. The Kier molecular flexibility index (Phi) is 7.33. The van der Waals surface area contributed by atoms with E-state index in [1.165, 1.54) is 4.90 Å². The number of urea groups is 1. The minimum Gasteiger partial charge on any atom is -0.383 e. The third-order valence-electron chi connectivity index (χ3n) is 4.97. The van der Waals surface area contributed by atoms with Crippen molar-refractivity contribution in [3.8, 4) is 0 Å². The molecule has 29 heavy (non-hydrogen) atoms. The van der Waals surface area contributed by atoms with Crippen LogP contribution in [0.5, 0.6) is 0 Å². The van der Waals surface area contributed by atoms with Crippen molar-refractivity contribution in [1.82, 2.24) is 14.4 Å². The maximum Gasteiger partial charge on any atom is 0.322 e. The van der Waals surface area contributed by atoms with E-state index in [1.54, 1.807) is 7.11 Å². The van der Waals surface area contributed by atoms with Crippen molar-refractivity contribution in [2.45, 2.75) is 25.4 Å². The summed E-state index contributed by atoms with van der Waals surface area (Å²) in [7, 11) is 3.56. The molecule has 0 atom stereocenters. The summed E-state index contributed by atoms with van der Waals surface area (Å²) in [6.45, 7) is 1.28. The predicted octanol–water partition coefficient (Wildman–Crippen LogP) is 3.46. The van der Waals surface area contributed by atoms with Crippen LogP contribution in [-0.2, 0) is 23.1 Å². The van der Waals surface area contributed by atoms with E-state index in [0.29, 0.717) is 25.4 Å². The van der Waals surface area contributed by atoms with E-state index in [0.717, 1.165) is 23.0 Å². The number of halogens is 1. The topological polar surface area (TPSA) is 66.8 Å². The summed E-state index contributed by atoms with van der Waals surface area (Å²) in [6, 6.07) is 11.3. The van der Waals surface area contributed by atoms with Gasteiger partial charge in [-0.05, 0) is 49.2 Å². The van der Waals surface area contributed by atoms with Crippen LogP contribution in [0, 0.1) is 0 Å². The van der Waals surface area contributed by atoms with Crippen LogP contribution in [0.25, 0.3) is 0 Å². The summed E-state index contributed by atoms with van der Waals surface area (Å²) in [5.41, 5.74) is 1.75. The van der Waals surface area contributed by atoms with Gasteiger partial charge < -0.3 is 24.4 Å². The molecule has 2 aromatic rings. The minimum absolute atomic E-state index is 0.0205. The lowest BCUT2D eigenvalue weighted by atomic mass is 10.3. The highest BCUT2D eigenvalue weighted by Crippen LogP contribution is 2.28. The van der Waals surface area contributed by atoms with Crippen LogP contribution in [0.4, 0.5) is 10.5 Å². The molecule has 0 radical (unpaired) electrons. The highest BCUT2D eigenvalue weighted by molar-refractivity contribution is 9.10. The first-order chi connectivity index (χ1) is 14.0. The van der Waals surface area contributed by atoms with Crippen molar-refractivity contribution in [2.75, 3.05) is 32.1 Å². The van der Waals surface area contributed by atoms with E-state index in [2.05, 4.69) is 21.2 Å². The van der Waals surface area contributed by atoms with Crippen LogP contribution in [0.15, 0.2) is 47.1 Å². The molecule has 1 aromatic carbocycles. The van der Waals surface area contributed by atoms with E-state index in [9.17, 15) is 9.59 Å². The third-order valence-corrected chi connectivity index (χ3v) is 5.49. The Morgan fingerprint density at radius 2 is 1.97 bits per heavy atom. The van der Waals surface area contributed by atoms with Gasteiger partial charge in [0.05, 0.1) is 13.2 Å². The Labute approximate surface area is 179 Å². The Morgan fingerprint density at radius 3 is 2.55 bits per heavy atom. The number of nitrogens with zero attached hydrogens (tertiary/aromatic N) is 3. The van der Waals surface area contributed by atoms with Crippen LogP contribution in [-0.4, -0.2) is 59.2 Å². The molecule has 1 N–H and O–H groups in total. The molecule has 7 nitrogen and oxygen atoms in total. The Morgan fingerprint density at radius 1 is 1.24 bits per heavy atom. The predicted molar refractivity (Wildman–Crippen MR) is 116 cm³/mol. The molecule has 1 aromatic heterocycles. The Hall–Kier alpha value is -2.32. The van der Waals surface area contributed by atoms with Crippen LogP contribution >= 0.6 is 15.9 Å². The normalized spacial score (nSPS) is 13.2. The number of aromatic nitrogens is 1. The van der Waals surface area contributed by atoms with E-state index in [4.69, 9.17) is 4.74 Å². The zero-order valence-electron chi connectivity index (χ0n) is 16.8. The standard InChI is InChI=1S/C21H27BrN4O3/c1-24-11-3-4-19(24)14-26(18-9-10-18)20(27)15-25(12-13-29-2)21(28)23-17-7-5-16(22)6-8-17/h3-8,11,18H,9-10,12-15H2,1-2H3,(H,23,28). The molecule has 1 aliphatic rings. The zero-order chi connectivity index (χ0) is 20.8. The summed E-state index contributed by atoms with van der Waals surface area (Å²) < 4.78 is 8.09. The number of methoxy groups -OCH3 is 1. The SMILES string of the molecule is COCCN(CC(=O)N(Cc1cccn1C)C1CC1)C(=O)Nc1ccc(Br)cc1. The van der Waals surface area contributed by atoms with Gasteiger partial charge in [0.25, 0.3) is 0 Å². The number of anilines is 1. The summed E-state index contributed by atoms with van der Waals surface area (Å²) in [6.07, 6.45) is 4.00. The fraction of sp³-hybridized carbons (Fsp3) is 0.429. The first-order valence-electron chi connectivity index (χ1n) is 9.68. The van der Waals surface area contributed by atoms with Crippen molar-refractivity contribution >= 4 is 33.6 Å². The molecule has 0 bridgehead atoms. The Bertz CT molecular complexity index is 833. The molecule has 0 unspecified atom stereocenters. The van der Waals surface area contributed by atoms with Crippen molar-refractivity contribution in [3.63, 3.8) is 0 Å². The molecule has 0 aliphatic heterocycles. The number of ether oxygens (including phenoxy) is 1. The first kappa shape index (κ1) is 21.4. The highest BCUT2D eigenvalue weighted by atomic mass is 79.9. The monoisotopic (exact) mass is 462 g/mol. The highest BCUT2D eigenvalue weighted by Gasteiger charge is 2.34. The second-order valence-electron chi connectivity index (χ2n) is 7.21. The van der Waals surface area contributed by atoms with Gasteiger partial charge in [0.2, 0.25) is 5.91 Å². The average Bonchev–Trinajstić information content (AvgIpc) is 3.46.